The molecule has 6 rings (SSSR count). The van der Waals surface area contributed by atoms with Crippen LogP contribution >= 0.6 is 11.3 Å². The number of hydrogen-bond donors (Lipinski definition) is 1. The second-order valence-electron chi connectivity index (χ2n) is 8.28. The molecule has 8 nitrogen and oxygen atoms in total. The van der Waals surface area contributed by atoms with E-state index in [0.29, 0.717) is 22.7 Å². The van der Waals surface area contributed by atoms with Crippen LogP contribution in [0.4, 0.5) is 4.79 Å². The Morgan fingerprint density at radius 2 is 2.03 bits per heavy atom. The van der Waals surface area contributed by atoms with Crippen LogP contribution in [-0.2, 0) is 6.54 Å². The monoisotopic (exact) mass is 435 g/mol. The molecule has 0 saturated carbocycles. The Hall–Kier alpha value is -3.17. The predicted octanol–water partition coefficient (Wildman–Crippen LogP) is 3.67. The molecular formula is C22H21N5O3S. The summed E-state index contributed by atoms with van der Waals surface area (Å²) in [5.41, 5.74) is 6.96. The van der Waals surface area contributed by atoms with Crippen LogP contribution in [0.1, 0.15) is 5.76 Å². The molecule has 2 atom stereocenters. The van der Waals surface area contributed by atoms with Crippen molar-refractivity contribution in [1.29, 1.82) is 0 Å². The van der Waals surface area contributed by atoms with Crippen molar-refractivity contribution in [3.8, 4) is 10.9 Å². The van der Waals surface area contributed by atoms with E-state index < -0.39 is 0 Å². The van der Waals surface area contributed by atoms with Crippen molar-refractivity contribution in [3.63, 3.8) is 0 Å². The zero-order valence-electron chi connectivity index (χ0n) is 16.7. The molecule has 2 fully saturated rings. The van der Waals surface area contributed by atoms with Gasteiger partial charge in [-0.3, -0.25) is 4.90 Å². The molecule has 0 bridgehead atoms. The van der Waals surface area contributed by atoms with Gasteiger partial charge in [0.25, 0.3) is 5.19 Å². The molecule has 31 heavy (non-hydrogen) atoms. The molecule has 1 aromatic carbocycles. The molecule has 9 heteroatoms. The summed E-state index contributed by atoms with van der Waals surface area (Å²) in [6, 6.07) is 11.5. The normalized spacial score (nSPS) is 21.2. The maximum absolute atomic E-state index is 11.4. The highest BCUT2D eigenvalue weighted by atomic mass is 32.1. The van der Waals surface area contributed by atoms with Crippen molar-refractivity contribution in [3.05, 3.63) is 48.4 Å². The number of carbonyl (C=O) groups excluding carboxylic acids is 1. The fourth-order valence-electron chi connectivity index (χ4n) is 4.73. The van der Waals surface area contributed by atoms with Crippen LogP contribution in [0, 0.1) is 11.8 Å². The summed E-state index contributed by atoms with van der Waals surface area (Å²) in [7, 11) is 0. The van der Waals surface area contributed by atoms with E-state index in [0.717, 1.165) is 59.9 Å². The molecule has 3 aromatic heterocycles. The van der Waals surface area contributed by atoms with Crippen LogP contribution in [0.2, 0.25) is 0 Å². The number of benzene rings is 1. The van der Waals surface area contributed by atoms with Crippen molar-refractivity contribution < 1.29 is 13.9 Å². The zero-order valence-corrected chi connectivity index (χ0v) is 17.5. The third kappa shape index (κ3) is 3.49. The maximum atomic E-state index is 11.4. The van der Waals surface area contributed by atoms with Gasteiger partial charge in [0.05, 0.1) is 11.2 Å². The second kappa shape index (κ2) is 7.21. The van der Waals surface area contributed by atoms with E-state index in [1.807, 2.05) is 30.3 Å². The Balaban J connectivity index is 1.15. The largest absolute Gasteiger partial charge is 0.460 e. The van der Waals surface area contributed by atoms with Gasteiger partial charge in [-0.2, -0.15) is 4.98 Å². The van der Waals surface area contributed by atoms with E-state index in [1.54, 1.807) is 11.1 Å². The molecule has 2 amide bonds. The number of pyridine rings is 1. The minimum absolute atomic E-state index is 0.307. The number of thiazole rings is 1. The smallest absolute Gasteiger partial charge is 0.314 e. The van der Waals surface area contributed by atoms with E-state index in [2.05, 4.69) is 20.9 Å². The van der Waals surface area contributed by atoms with Gasteiger partial charge in [0, 0.05) is 37.8 Å². The van der Waals surface area contributed by atoms with E-state index >= 15 is 0 Å². The van der Waals surface area contributed by atoms with E-state index in [9.17, 15) is 4.79 Å². The minimum Gasteiger partial charge on any atom is -0.460 e. The number of carbonyl (C=O) groups is 1. The lowest BCUT2D eigenvalue weighted by atomic mass is 10.0. The molecule has 2 unspecified atom stereocenters. The number of nitrogens with zero attached hydrogens (tertiary/aromatic N) is 4. The first-order chi connectivity index (χ1) is 15.1. The molecule has 2 aliphatic rings. The Morgan fingerprint density at radius 1 is 1.19 bits per heavy atom. The number of furan rings is 1. The van der Waals surface area contributed by atoms with Crippen molar-refractivity contribution >= 4 is 38.7 Å². The molecule has 0 spiro atoms. The molecule has 2 saturated heterocycles. The van der Waals surface area contributed by atoms with Crippen LogP contribution in [0.5, 0.6) is 10.9 Å². The van der Waals surface area contributed by atoms with Crippen molar-refractivity contribution in [2.45, 2.75) is 6.54 Å². The first-order valence-corrected chi connectivity index (χ1v) is 11.1. The number of rotatable bonds is 4. The third-order valence-electron chi connectivity index (χ3n) is 6.14. The highest BCUT2D eigenvalue weighted by molar-refractivity contribution is 7.20. The first-order valence-electron chi connectivity index (χ1n) is 10.3. The number of ether oxygens (including phenoxy) is 1. The van der Waals surface area contributed by atoms with Gasteiger partial charge in [-0.05, 0) is 48.2 Å². The number of urea groups is 1. The van der Waals surface area contributed by atoms with Gasteiger partial charge in [-0.1, -0.05) is 11.3 Å². The minimum atomic E-state index is -0.307. The summed E-state index contributed by atoms with van der Waals surface area (Å²) in [4.78, 5) is 24.2. The summed E-state index contributed by atoms with van der Waals surface area (Å²) >= 11 is 1.48. The molecule has 0 aliphatic carbocycles. The SMILES string of the molecule is NC(=O)N1CC2CN(Cc3cc4cc(Oc5nc6ncccc6s5)ccc4o3)CC2C1. The van der Waals surface area contributed by atoms with Gasteiger partial charge in [0.2, 0.25) is 0 Å². The summed E-state index contributed by atoms with van der Waals surface area (Å²) in [5, 5.41) is 1.58. The van der Waals surface area contributed by atoms with E-state index in [-0.39, 0.29) is 6.03 Å². The average molecular weight is 436 g/mol. The highest BCUT2D eigenvalue weighted by Crippen LogP contribution is 2.34. The maximum Gasteiger partial charge on any atom is 0.314 e. The van der Waals surface area contributed by atoms with Gasteiger partial charge >= 0.3 is 6.03 Å². The molecule has 158 valence electrons. The molecule has 0 radical (unpaired) electrons. The quantitative estimate of drug-likeness (QED) is 0.525. The summed E-state index contributed by atoms with van der Waals surface area (Å²) in [6.45, 7) is 4.21. The van der Waals surface area contributed by atoms with E-state index in [1.165, 1.54) is 11.3 Å². The van der Waals surface area contributed by atoms with Gasteiger partial charge in [0.1, 0.15) is 17.1 Å². The average Bonchev–Trinajstić information content (AvgIpc) is 3.48. The van der Waals surface area contributed by atoms with Crippen LogP contribution in [-0.4, -0.2) is 52.0 Å². The van der Waals surface area contributed by atoms with Crippen LogP contribution in [0.3, 0.4) is 0 Å². The Labute approximate surface area is 182 Å². The lowest BCUT2D eigenvalue weighted by Crippen LogP contribution is -2.36. The number of aromatic nitrogens is 2. The Morgan fingerprint density at radius 3 is 2.81 bits per heavy atom. The highest BCUT2D eigenvalue weighted by Gasteiger charge is 2.41. The topological polar surface area (TPSA) is 97.7 Å². The second-order valence-corrected chi connectivity index (χ2v) is 9.27. The fraction of sp³-hybridized carbons (Fsp3) is 0.318. The Bertz CT molecular complexity index is 1240. The molecule has 5 heterocycles. The van der Waals surface area contributed by atoms with Crippen LogP contribution < -0.4 is 10.5 Å². The molecule has 4 aromatic rings. The van der Waals surface area contributed by atoms with Gasteiger partial charge < -0.3 is 19.8 Å². The van der Waals surface area contributed by atoms with Crippen molar-refractivity contribution in [1.82, 2.24) is 19.8 Å². The molecular weight excluding hydrogens is 414 g/mol. The standard InChI is InChI=1S/C22H21N5O3S/c23-21(28)27-10-14-8-26(9-15(14)11-27)12-17-7-13-6-16(3-4-18(13)29-17)30-22-25-20-19(31-22)2-1-5-24-20/h1-7,14-15H,8-12H2,(H2,23,28). The molecule has 2 aliphatic heterocycles. The number of fused-ring (bicyclic) bond motifs is 3. The number of nitrogens with two attached hydrogens (primary N) is 1. The van der Waals surface area contributed by atoms with Crippen molar-refractivity contribution in [2.75, 3.05) is 26.2 Å². The third-order valence-corrected chi connectivity index (χ3v) is 7.03. The summed E-state index contributed by atoms with van der Waals surface area (Å²) in [5.74, 6) is 2.66. The number of hydrogen-bond acceptors (Lipinski definition) is 7. The fourth-order valence-corrected chi connectivity index (χ4v) is 5.53. The van der Waals surface area contributed by atoms with Gasteiger partial charge in [-0.25, -0.2) is 9.78 Å². The van der Waals surface area contributed by atoms with Crippen molar-refractivity contribution in [2.24, 2.45) is 17.6 Å². The lowest BCUT2D eigenvalue weighted by Gasteiger charge is -2.19. The van der Waals surface area contributed by atoms with Crippen LogP contribution in [0.15, 0.2) is 47.0 Å². The van der Waals surface area contributed by atoms with Gasteiger partial charge in [0.15, 0.2) is 5.65 Å². The zero-order chi connectivity index (χ0) is 20.9. The first kappa shape index (κ1) is 18.6. The summed E-state index contributed by atoms with van der Waals surface area (Å²) in [6.07, 6.45) is 1.73. The summed E-state index contributed by atoms with van der Waals surface area (Å²) < 4.78 is 13.0. The van der Waals surface area contributed by atoms with Crippen LogP contribution in [0.25, 0.3) is 21.3 Å². The van der Waals surface area contributed by atoms with Gasteiger partial charge in [-0.15, -0.1) is 0 Å². The van der Waals surface area contributed by atoms with E-state index in [4.69, 9.17) is 14.9 Å². The molecule has 2 N–H and O–H groups in total. The lowest BCUT2D eigenvalue weighted by molar-refractivity contribution is 0.206. The number of amides is 2. The number of likely N-dealkylation sites (tertiary alicyclic amines) is 2. The number of primary amides is 1. The Kier molecular flexibility index (Phi) is 4.32. The predicted molar refractivity (Wildman–Crippen MR) is 117 cm³/mol.